The van der Waals surface area contributed by atoms with Gasteiger partial charge >= 0.3 is 0 Å². The van der Waals surface area contributed by atoms with Gasteiger partial charge in [-0.25, -0.2) is 4.98 Å². The standard InChI is InChI=1S/C22H21NOS.C6H5FN2O/c1-14-13-25-22-21(16-9-10-16)18(12-20(24)23(14)22)11-17-7-4-6-15-5-2-3-8-19(15)17;7-6-3-5(9-4-10)1-2-8-6/h2-8,12,14,16H,9-11,13H2,1H3;1-4H,(H,8,9,10). The molecule has 2 aromatic heterocycles. The Kier molecular flexibility index (Phi) is 6.68. The fourth-order valence-corrected chi connectivity index (χ4v) is 6.08. The Morgan fingerprint density at radius 2 is 1.91 bits per heavy atom. The van der Waals surface area contributed by atoms with Crippen LogP contribution in [0.15, 0.2) is 76.7 Å². The van der Waals surface area contributed by atoms with Crippen molar-refractivity contribution in [3.8, 4) is 0 Å². The largest absolute Gasteiger partial charge is 0.328 e. The van der Waals surface area contributed by atoms with Gasteiger partial charge in [-0.3, -0.25) is 14.2 Å². The van der Waals surface area contributed by atoms with E-state index in [0.29, 0.717) is 24.1 Å². The third kappa shape index (κ3) is 5.00. The van der Waals surface area contributed by atoms with E-state index in [2.05, 4.69) is 59.7 Å². The highest BCUT2D eigenvalue weighted by Gasteiger charge is 2.34. The predicted octanol–water partition coefficient (Wildman–Crippen LogP) is 5.93. The summed E-state index contributed by atoms with van der Waals surface area (Å²) in [5.41, 5.74) is 4.61. The van der Waals surface area contributed by atoms with Crippen LogP contribution < -0.4 is 10.9 Å². The highest BCUT2D eigenvalue weighted by Crippen LogP contribution is 2.48. The zero-order valence-corrected chi connectivity index (χ0v) is 20.2. The Labute approximate surface area is 207 Å². The minimum Gasteiger partial charge on any atom is -0.328 e. The number of benzene rings is 2. The number of nitrogens with one attached hydrogen (secondary N) is 1. The molecule has 5 nitrogen and oxygen atoms in total. The summed E-state index contributed by atoms with van der Waals surface area (Å²) in [6.45, 7) is 2.16. The van der Waals surface area contributed by atoms with Crippen LogP contribution in [-0.2, 0) is 11.2 Å². The second-order valence-electron chi connectivity index (χ2n) is 8.98. The lowest BCUT2D eigenvalue weighted by Gasteiger charge is -2.17. The SMILES string of the molecule is CC1CSc2c(C3CC3)c(Cc3cccc4ccccc34)cc(=O)n21.O=CNc1ccnc(F)c1. The summed E-state index contributed by atoms with van der Waals surface area (Å²) in [4.78, 5) is 25.9. The Morgan fingerprint density at radius 1 is 1.11 bits per heavy atom. The topological polar surface area (TPSA) is 64.0 Å². The zero-order chi connectivity index (χ0) is 24.4. The molecule has 1 aliphatic heterocycles. The molecule has 1 amide bonds. The van der Waals surface area contributed by atoms with Gasteiger partial charge in [0, 0.05) is 35.8 Å². The van der Waals surface area contributed by atoms with Crippen molar-refractivity contribution >= 4 is 34.6 Å². The fourth-order valence-electron chi connectivity index (χ4n) is 4.67. The highest BCUT2D eigenvalue weighted by atomic mass is 32.2. The number of nitrogens with zero attached hydrogens (tertiary/aromatic N) is 2. The summed E-state index contributed by atoms with van der Waals surface area (Å²) in [6.07, 6.45) is 5.15. The van der Waals surface area contributed by atoms with Gasteiger partial charge in [0.2, 0.25) is 12.4 Å². The van der Waals surface area contributed by atoms with Gasteiger partial charge in [-0.15, -0.1) is 11.8 Å². The number of fused-ring (bicyclic) bond motifs is 2. The van der Waals surface area contributed by atoms with Crippen LogP contribution in [0.1, 0.15) is 48.4 Å². The third-order valence-electron chi connectivity index (χ3n) is 6.43. The number of carbonyl (C=O) groups is 1. The first kappa shape index (κ1) is 23.3. The molecule has 1 atom stereocenters. The number of hydrogen-bond acceptors (Lipinski definition) is 4. The molecule has 1 fully saturated rings. The summed E-state index contributed by atoms with van der Waals surface area (Å²) in [7, 11) is 0. The number of amides is 1. The molecule has 4 aromatic rings. The van der Waals surface area contributed by atoms with Crippen molar-refractivity contribution < 1.29 is 9.18 Å². The number of hydrogen-bond donors (Lipinski definition) is 1. The summed E-state index contributed by atoms with van der Waals surface area (Å²) >= 11 is 1.88. The van der Waals surface area contributed by atoms with Gasteiger partial charge in [-0.1, -0.05) is 42.5 Å². The van der Waals surface area contributed by atoms with Crippen molar-refractivity contribution in [3.63, 3.8) is 0 Å². The van der Waals surface area contributed by atoms with Crippen LogP contribution >= 0.6 is 11.8 Å². The number of carbonyl (C=O) groups excluding carboxylic acids is 1. The number of rotatable bonds is 5. The molecule has 6 rings (SSSR count). The van der Waals surface area contributed by atoms with E-state index < -0.39 is 5.95 Å². The molecule has 3 heterocycles. The van der Waals surface area contributed by atoms with Crippen LogP contribution in [0.5, 0.6) is 0 Å². The molecule has 1 unspecified atom stereocenters. The Balaban J connectivity index is 0.000000214. The quantitative estimate of drug-likeness (QED) is 0.280. The normalized spacial score (nSPS) is 16.3. The lowest BCUT2D eigenvalue weighted by Crippen LogP contribution is -2.23. The predicted molar refractivity (Wildman–Crippen MR) is 139 cm³/mol. The van der Waals surface area contributed by atoms with E-state index >= 15 is 0 Å². The minimum absolute atomic E-state index is 0.173. The second kappa shape index (κ2) is 10.0. The molecule has 1 saturated carbocycles. The number of halogens is 1. The van der Waals surface area contributed by atoms with Crippen LogP contribution in [0.3, 0.4) is 0 Å². The lowest BCUT2D eigenvalue weighted by molar-refractivity contribution is -0.105. The van der Waals surface area contributed by atoms with Crippen LogP contribution in [0, 0.1) is 5.95 Å². The molecule has 2 aliphatic rings. The van der Waals surface area contributed by atoms with Crippen molar-refractivity contribution in [1.82, 2.24) is 9.55 Å². The monoisotopic (exact) mass is 487 g/mol. The smallest absolute Gasteiger partial charge is 0.251 e. The minimum atomic E-state index is -0.605. The molecule has 1 N–H and O–H groups in total. The summed E-state index contributed by atoms with van der Waals surface area (Å²) in [5, 5.41) is 6.11. The summed E-state index contributed by atoms with van der Waals surface area (Å²) in [5.74, 6) is 1.07. The average Bonchev–Trinajstić information content (AvgIpc) is 3.61. The van der Waals surface area contributed by atoms with E-state index in [1.807, 2.05) is 22.4 Å². The van der Waals surface area contributed by atoms with Crippen molar-refractivity contribution in [2.75, 3.05) is 11.1 Å². The molecule has 0 bridgehead atoms. The van der Waals surface area contributed by atoms with Gasteiger partial charge in [0.15, 0.2) is 0 Å². The second-order valence-corrected chi connectivity index (χ2v) is 9.98. The molecule has 7 heteroatoms. The van der Waals surface area contributed by atoms with Crippen molar-refractivity contribution in [2.24, 2.45) is 0 Å². The van der Waals surface area contributed by atoms with Gasteiger partial charge in [0.25, 0.3) is 5.56 Å². The summed E-state index contributed by atoms with van der Waals surface area (Å²) in [6, 6.07) is 19.9. The van der Waals surface area contributed by atoms with E-state index in [1.165, 1.54) is 57.6 Å². The summed E-state index contributed by atoms with van der Waals surface area (Å²) < 4.78 is 14.3. The van der Waals surface area contributed by atoms with E-state index in [9.17, 15) is 14.0 Å². The molecular formula is C28H26FN3O2S. The van der Waals surface area contributed by atoms with Crippen molar-refractivity contribution in [3.05, 3.63) is 99.9 Å². The van der Waals surface area contributed by atoms with E-state index in [0.717, 1.165) is 18.2 Å². The lowest BCUT2D eigenvalue weighted by atomic mass is 9.95. The maximum absolute atomic E-state index is 12.7. The Morgan fingerprint density at radius 3 is 2.69 bits per heavy atom. The molecular weight excluding hydrogens is 461 g/mol. The number of aromatic nitrogens is 2. The first-order chi connectivity index (χ1) is 17.0. The van der Waals surface area contributed by atoms with Gasteiger partial charge in [-0.05, 0) is 65.6 Å². The Bertz CT molecular complexity index is 1440. The van der Waals surface area contributed by atoms with E-state index in [-0.39, 0.29) is 5.56 Å². The fraction of sp³-hybridized carbons (Fsp3) is 0.250. The maximum Gasteiger partial charge on any atom is 0.251 e. The molecule has 0 radical (unpaired) electrons. The molecule has 35 heavy (non-hydrogen) atoms. The molecule has 2 aromatic carbocycles. The Hall–Kier alpha value is -3.45. The molecule has 0 spiro atoms. The average molecular weight is 488 g/mol. The van der Waals surface area contributed by atoms with Gasteiger partial charge in [0.05, 0.1) is 5.03 Å². The van der Waals surface area contributed by atoms with Gasteiger partial charge in [0.1, 0.15) is 0 Å². The van der Waals surface area contributed by atoms with Crippen molar-refractivity contribution in [2.45, 2.75) is 43.2 Å². The van der Waals surface area contributed by atoms with Crippen LogP contribution in [0.4, 0.5) is 10.1 Å². The van der Waals surface area contributed by atoms with Gasteiger partial charge in [-0.2, -0.15) is 4.39 Å². The third-order valence-corrected chi connectivity index (χ3v) is 7.77. The zero-order valence-electron chi connectivity index (χ0n) is 19.4. The van der Waals surface area contributed by atoms with E-state index in [1.54, 1.807) is 0 Å². The van der Waals surface area contributed by atoms with E-state index in [4.69, 9.17) is 0 Å². The molecule has 0 saturated heterocycles. The molecule has 178 valence electrons. The van der Waals surface area contributed by atoms with Gasteiger partial charge < -0.3 is 5.32 Å². The molecule has 1 aliphatic carbocycles. The first-order valence-electron chi connectivity index (χ1n) is 11.7. The van der Waals surface area contributed by atoms with Crippen LogP contribution in [0.2, 0.25) is 0 Å². The number of thioether (sulfide) groups is 1. The number of pyridine rings is 2. The van der Waals surface area contributed by atoms with Crippen LogP contribution in [0.25, 0.3) is 10.8 Å². The van der Waals surface area contributed by atoms with Crippen molar-refractivity contribution in [1.29, 1.82) is 0 Å². The highest BCUT2D eigenvalue weighted by molar-refractivity contribution is 7.99. The van der Waals surface area contributed by atoms with Crippen LogP contribution in [-0.4, -0.2) is 21.7 Å². The number of anilines is 1. The first-order valence-corrected chi connectivity index (χ1v) is 12.7. The maximum atomic E-state index is 12.7.